The number of rotatable bonds is 7. The molecule has 2 heteroatoms. The van der Waals surface area contributed by atoms with Crippen LogP contribution in [0.5, 0.6) is 5.75 Å². The number of hydrogen-bond donors (Lipinski definition) is 1. The van der Waals surface area contributed by atoms with Crippen LogP contribution in [0.3, 0.4) is 0 Å². The standard InChI is InChI=1S/C16H25NO/c1-13(2)16(9-10-16)12-17-11-8-14-4-6-15(18-3)7-5-14/h4-7,13,17H,8-12H2,1-3H3. The molecule has 0 saturated heterocycles. The molecule has 1 N–H and O–H groups in total. The average molecular weight is 247 g/mol. The van der Waals surface area contributed by atoms with E-state index in [9.17, 15) is 0 Å². The lowest BCUT2D eigenvalue weighted by molar-refractivity contribution is 0.339. The summed E-state index contributed by atoms with van der Waals surface area (Å²) >= 11 is 0. The first-order chi connectivity index (χ1) is 8.66. The minimum absolute atomic E-state index is 0.611. The maximum Gasteiger partial charge on any atom is 0.118 e. The molecule has 0 aromatic heterocycles. The molecular formula is C16H25NO. The molecule has 1 aliphatic carbocycles. The molecule has 0 atom stereocenters. The number of methoxy groups -OCH3 is 1. The minimum Gasteiger partial charge on any atom is -0.497 e. The summed E-state index contributed by atoms with van der Waals surface area (Å²) in [6, 6.07) is 8.36. The Morgan fingerprint density at radius 3 is 2.39 bits per heavy atom. The van der Waals surface area contributed by atoms with Gasteiger partial charge < -0.3 is 10.1 Å². The quantitative estimate of drug-likeness (QED) is 0.747. The van der Waals surface area contributed by atoms with Gasteiger partial charge in [-0.15, -0.1) is 0 Å². The van der Waals surface area contributed by atoms with E-state index >= 15 is 0 Å². The van der Waals surface area contributed by atoms with Gasteiger partial charge in [0.2, 0.25) is 0 Å². The number of ether oxygens (including phenoxy) is 1. The maximum atomic E-state index is 5.16. The summed E-state index contributed by atoms with van der Waals surface area (Å²) in [5.41, 5.74) is 1.98. The molecular weight excluding hydrogens is 222 g/mol. The number of hydrogen-bond acceptors (Lipinski definition) is 2. The molecule has 0 heterocycles. The van der Waals surface area contributed by atoms with Crippen molar-refractivity contribution in [3.63, 3.8) is 0 Å². The highest BCUT2D eigenvalue weighted by Gasteiger charge is 2.44. The lowest BCUT2D eigenvalue weighted by atomic mass is 9.92. The molecule has 2 rings (SSSR count). The zero-order chi connectivity index (χ0) is 13.0. The number of benzene rings is 1. The highest BCUT2D eigenvalue weighted by atomic mass is 16.5. The first kappa shape index (κ1) is 13.4. The fourth-order valence-electron chi connectivity index (χ4n) is 2.48. The van der Waals surface area contributed by atoms with Crippen LogP contribution in [0, 0.1) is 11.3 Å². The van der Waals surface area contributed by atoms with Crippen LogP contribution in [0.25, 0.3) is 0 Å². The highest BCUT2D eigenvalue weighted by Crippen LogP contribution is 2.51. The van der Waals surface area contributed by atoms with Gasteiger partial charge in [-0.3, -0.25) is 0 Å². The van der Waals surface area contributed by atoms with Crippen molar-refractivity contribution in [2.45, 2.75) is 33.1 Å². The van der Waals surface area contributed by atoms with Crippen molar-refractivity contribution in [1.29, 1.82) is 0 Å². The molecule has 0 unspecified atom stereocenters. The van der Waals surface area contributed by atoms with E-state index in [0.717, 1.165) is 24.6 Å². The molecule has 0 radical (unpaired) electrons. The summed E-state index contributed by atoms with van der Waals surface area (Å²) < 4.78 is 5.16. The lowest BCUT2D eigenvalue weighted by Crippen LogP contribution is -2.29. The third kappa shape index (κ3) is 3.26. The van der Waals surface area contributed by atoms with Gasteiger partial charge in [0, 0.05) is 6.54 Å². The van der Waals surface area contributed by atoms with E-state index in [1.54, 1.807) is 7.11 Å². The van der Waals surface area contributed by atoms with Crippen molar-refractivity contribution in [2.75, 3.05) is 20.2 Å². The van der Waals surface area contributed by atoms with E-state index in [2.05, 4.69) is 31.3 Å². The molecule has 1 aromatic rings. The average Bonchev–Trinajstić information content (AvgIpc) is 3.17. The molecule has 18 heavy (non-hydrogen) atoms. The summed E-state index contributed by atoms with van der Waals surface area (Å²) in [4.78, 5) is 0. The van der Waals surface area contributed by atoms with Gasteiger partial charge in [0.25, 0.3) is 0 Å². The molecule has 0 aliphatic heterocycles. The van der Waals surface area contributed by atoms with Gasteiger partial charge in [-0.25, -0.2) is 0 Å². The summed E-state index contributed by atoms with van der Waals surface area (Å²) in [7, 11) is 1.71. The van der Waals surface area contributed by atoms with Crippen molar-refractivity contribution in [3.8, 4) is 5.75 Å². The van der Waals surface area contributed by atoms with Crippen molar-refractivity contribution >= 4 is 0 Å². The van der Waals surface area contributed by atoms with Gasteiger partial charge in [-0.1, -0.05) is 26.0 Å². The van der Waals surface area contributed by atoms with Crippen LogP contribution in [0.15, 0.2) is 24.3 Å². The summed E-state index contributed by atoms with van der Waals surface area (Å²) in [5.74, 6) is 1.74. The van der Waals surface area contributed by atoms with E-state index in [-0.39, 0.29) is 0 Å². The Morgan fingerprint density at radius 1 is 1.22 bits per heavy atom. The van der Waals surface area contributed by atoms with Crippen LogP contribution in [-0.2, 0) is 6.42 Å². The van der Waals surface area contributed by atoms with Gasteiger partial charge >= 0.3 is 0 Å². The monoisotopic (exact) mass is 247 g/mol. The molecule has 1 fully saturated rings. The zero-order valence-corrected chi connectivity index (χ0v) is 11.8. The Hall–Kier alpha value is -1.02. The fraction of sp³-hybridized carbons (Fsp3) is 0.625. The second-order valence-corrected chi connectivity index (χ2v) is 5.79. The van der Waals surface area contributed by atoms with E-state index in [1.807, 2.05) is 12.1 Å². The molecule has 0 bridgehead atoms. The van der Waals surface area contributed by atoms with Crippen LogP contribution in [0.4, 0.5) is 0 Å². The Labute approximate surface area is 111 Å². The van der Waals surface area contributed by atoms with Crippen molar-refractivity contribution in [3.05, 3.63) is 29.8 Å². The van der Waals surface area contributed by atoms with E-state index in [0.29, 0.717) is 5.41 Å². The second-order valence-electron chi connectivity index (χ2n) is 5.79. The van der Waals surface area contributed by atoms with Gasteiger partial charge in [-0.05, 0) is 54.8 Å². The Bertz CT molecular complexity index is 365. The maximum absolute atomic E-state index is 5.16. The predicted molar refractivity (Wildman–Crippen MR) is 76.1 cm³/mol. The first-order valence-electron chi connectivity index (χ1n) is 7.00. The largest absolute Gasteiger partial charge is 0.497 e. The van der Waals surface area contributed by atoms with Gasteiger partial charge in [-0.2, -0.15) is 0 Å². The Kier molecular flexibility index (Phi) is 4.28. The molecule has 1 aromatic carbocycles. The molecule has 0 amide bonds. The topological polar surface area (TPSA) is 21.3 Å². The van der Waals surface area contributed by atoms with Crippen molar-refractivity contribution in [1.82, 2.24) is 5.32 Å². The summed E-state index contributed by atoms with van der Waals surface area (Å²) in [6.45, 7) is 6.94. The third-order valence-corrected chi connectivity index (χ3v) is 4.34. The predicted octanol–water partition coefficient (Wildman–Crippen LogP) is 3.26. The lowest BCUT2D eigenvalue weighted by Gasteiger charge is -2.20. The van der Waals surface area contributed by atoms with Crippen molar-refractivity contribution < 1.29 is 4.74 Å². The van der Waals surface area contributed by atoms with Crippen LogP contribution in [-0.4, -0.2) is 20.2 Å². The molecule has 2 nitrogen and oxygen atoms in total. The fourth-order valence-corrected chi connectivity index (χ4v) is 2.48. The Morgan fingerprint density at radius 2 is 1.89 bits per heavy atom. The highest BCUT2D eigenvalue weighted by molar-refractivity contribution is 5.27. The van der Waals surface area contributed by atoms with Crippen LogP contribution < -0.4 is 10.1 Å². The number of nitrogens with one attached hydrogen (secondary N) is 1. The molecule has 1 aliphatic rings. The van der Waals surface area contributed by atoms with E-state index < -0.39 is 0 Å². The Balaban J connectivity index is 1.69. The van der Waals surface area contributed by atoms with Crippen LogP contribution in [0.1, 0.15) is 32.3 Å². The van der Waals surface area contributed by atoms with Gasteiger partial charge in [0.15, 0.2) is 0 Å². The second kappa shape index (κ2) is 5.75. The first-order valence-corrected chi connectivity index (χ1v) is 7.00. The van der Waals surface area contributed by atoms with Gasteiger partial charge in [0.1, 0.15) is 5.75 Å². The SMILES string of the molecule is COc1ccc(CCNCC2(C(C)C)CC2)cc1. The summed E-state index contributed by atoms with van der Waals surface area (Å²) in [6.07, 6.45) is 3.90. The van der Waals surface area contributed by atoms with Crippen molar-refractivity contribution in [2.24, 2.45) is 11.3 Å². The zero-order valence-electron chi connectivity index (χ0n) is 11.8. The van der Waals surface area contributed by atoms with Crippen LogP contribution >= 0.6 is 0 Å². The molecule has 100 valence electrons. The molecule has 1 saturated carbocycles. The third-order valence-electron chi connectivity index (χ3n) is 4.34. The smallest absolute Gasteiger partial charge is 0.118 e. The van der Waals surface area contributed by atoms with Crippen LogP contribution in [0.2, 0.25) is 0 Å². The minimum atomic E-state index is 0.611. The summed E-state index contributed by atoms with van der Waals surface area (Å²) in [5, 5.41) is 3.62. The van der Waals surface area contributed by atoms with Gasteiger partial charge in [0.05, 0.1) is 7.11 Å². The normalized spacial score (nSPS) is 16.9. The van der Waals surface area contributed by atoms with E-state index in [4.69, 9.17) is 4.74 Å². The van der Waals surface area contributed by atoms with E-state index in [1.165, 1.54) is 24.9 Å². The molecule has 0 spiro atoms.